The van der Waals surface area contributed by atoms with E-state index in [0.29, 0.717) is 13.7 Å². The number of aliphatic carboxylic acids is 1. The zero-order valence-electron chi connectivity index (χ0n) is 13.5. The van der Waals surface area contributed by atoms with Crippen LogP contribution in [-0.4, -0.2) is 50.1 Å². The van der Waals surface area contributed by atoms with Crippen LogP contribution in [0.2, 0.25) is 4.34 Å². The largest absolute Gasteiger partial charge is 0.480 e. The van der Waals surface area contributed by atoms with Gasteiger partial charge < -0.3 is 10.0 Å². The lowest BCUT2D eigenvalue weighted by Gasteiger charge is -2.14. The van der Waals surface area contributed by atoms with Crippen molar-refractivity contribution in [3.05, 3.63) is 40.0 Å². The number of hydrogen-bond acceptors (Lipinski definition) is 5. The molecule has 0 saturated heterocycles. The van der Waals surface area contributed by atoms with E-state index in [2.05, 4.69) is 10.1 Å². The molecule has 0 aromatic carbocycles. The zero-order valence-corrected chi connectivity index (χ0v) is 15.1. The Bertz CT molecular complexity index is 1050. The van der Waals surface area contributed by atoms with E-state index in [1.807, 2.05) is 0 Å². The van der Waals surface area contributed by atoms with Gasteiger partial charge in [0, 0.05) is 7.05 Å². The van der Waals surface area contributed by atoms with E-state index in [1.165, 1.54) is 19.2 Å². The molecule has 0 spiro atoms. The molecule has 0 radical (unpaired) electrons. The van der Waals surface area contributed by atoms with E-state index >= 15 is 0 Å². The van der Waals surface area contributed by atoms with Crippen LogP contribution in [0.4, 0.5) is 13.2 Å². The topological polar surface area (TPSA) is 87.8 Å². The summed E-state index contributed by atoms with van der Waals surface area (Å²) in [5.74, 6) is -2.07. The van der Waals surface area contributed by atoms with Crippen molar-refractivity contribution in [3.8, 4) is 10.6 Å². The Kier molecular flexibility index (Phi) is 4.82. The van der Waals surface area contributed by atoms with Gasteiger partial charge in [0.2, 0.25) is 0 Å². The first-order chi connectivity index (χ1) is 12.6. The lowest BCUT2D eigenvalue weighted by atomic mass is 10.2. The maximum Gasteiger partial charge on any atom is 0.433 e. The first-order valence-corrected chi connectivity index (χ1v) is 8.46. The van der Waals surface area contributed by atoms with Crippen LogP contribution in [0.5, 0.6) is 0 Å². The highest BCUT2D eigenvalue weighted by Crippen LogP contribution is 2.35. The quantitative estimate of drug-likeness (QED) is 0.702. The van der Waals surface area contributed by atoms with E-state index < -0.39 is 30.3 Å². The molecular formula is C15H10ClF3N4O3S. The fourth-order valence-corrected chi connectivity index (χ4v) is 3.38. The lowest BCUT2D eigenvalue weighted by Crippen LogP contribution is -2.32. The summed E-state index contributed by atoms with van der Waals surface area (Å²) in [5.41, 5.74) is -1.71. The highest BCUT2D eigenvalue weighted by atomic mass is 35.5. The van der Waals surface area contributed by atoms with Crippen molar-refractivity contribution in [1.29, 1.82) is 0 Å². The standard InChI is InChI=1S/C15H10ClF3N4O3S/c1-22(6-12(24)25)14(26)7-5-20-23-10(15(17,18)19)4-8(21-13(7)23)9-2-3-11(16)27-9/h2-5H,6H2,1H3,(H,24,25). The second-order valence-corrected chi connectivity index (χ2v) is 7.19. The van der Waals surface area contributed by atoms with Gasteiger partial charge in [-0.2, -0.15) is 18.3 Å². The number of likely N-dealkylation sites (N-methyl/N-ethyl adjacent to an activating group) is 1. The molecule has 3 heterocycles. The van der Waals surface area contributed by atoms with Crippen LogP contribution in [0.1, 0.15) is 16.1 Å². The number of alkyl halides is 3. The van der Waals surface area contributed by atoms with Crippen molar-refractivity contribution < 1.29 is 27.9 Å². The van der Waals surface area contributed by atoms with Crippen LogP contribution in [0, 0.1) is 0 Å². The SMILES string of the molecule is CN(CC(=O)O)C(=O)c1cnn2c(C(F)(F)F)cc(-c3ccc(Cl)s3)nc12. The average Bonchev–Trinajstić information content (AvgIpc) is 3.17. The van der Waals surface area contributed by atoms with Gasteiger partial charge in [0.05, 0.1) is 21.1 Å². The van der Waals surface area contributed by atoms with Crippen molar-refractivity contribution in [2.75, 3.05) is 13.6 Å². The Hall–Kier alpha value is -2.66. The van der Waals surface area contributed by atoms with Crippen LogP contribution in [0.25, 0.3) is 16.2 Å². The van der Waals surface area contributed by atoms with Crippen LogP contribution >= 0.6 is 22.9 Å². The first-order valence-electron chi connectivity index (χ1n) is 7.27. The molecule has 0 saturated carbocycles. The summed E-state index contributed by atoms with van der Waals surface area (Å²) >= 11 is 6.88. The average molecular weight is 419 g/mol. The molecular weight excluding hydrogens is 409 g/mol. The summed E-state index contributed by atoms with van der Waals surface area (Å²) in [5, 5.41) is 12.4. The van der Waals surface area contributed by atoms with Crippen LogP contribution in [0.3, 0.4) is 0 Å². The van der Waals surface area contributed by atoms with Gasteiger partial charge in [-0.15, -0.1) is 11.3 Å². The molecule has 3 aromatic rings. The van der Waals surface area contributed by atoms with Crippen molar-refractivity contribution >= 4 is 40.5 Å². The number of hydrogen-bond donors (Lipinski definition) is 1. The zero-order chi connectivity index (χ0) is 19.9. The van der Waals surface area contributed by atoms with Crippen molar-refractivity contribution in [2.45, 2.75) is 6.18 Å². The van der Waals surface area contributed by atoms with Gasteiger partial charge in [-0.25, -0.2) is 9.50 Å². The van der Waals surface area contributed by atoms with Crippen LogP contribution in [0.15, 0.2) is 24.4 Å². The molecule has 1 amide bonds. The van der Waals surface area contributed by atoms with E-state index in [9.17, 15) is 22.8 Å². The fourth-order valence-electron chi connectivity index (χ4n) is 2.37. The molecule has 0 aliphatic carbocycles. The number of carbonyl (C=O) groups excluding carboxylic acids is 1. The molecule has 3 aromatic heterocycles. The molecule has 142 valence electrons. The number of carboxylic acids is 1. The van der Waals surface area contributed by atoms with E-state index in [1.54, 1.807) is 0 Å². The highest BCUT2D eigenvalue weighted by molar-refractivity contribution is 7.19. The summed E-state index contributed by atoms with van der Waals surface area (Å²) < 4.78 is 41.3. The molecule has 0 unspecified atom stereocenters. The minimum atomic E-state index is -4.75. The molecule has 0 fully saturated rings. The smallest absolute Gasteiger partial charge is 0.433 e. The maximum absolute atomic E-state index is 13.5. The van der Waals surface area contributed by atoms with Gasteiger partial charge in [0.15, 0.2) is 11.3 Å². The Labute approximate surface area is 158 Å². The van der Waals surface area contributed by atoms with Crippen molar-refractivity contribution in [3.63, 3.8) is 0 Å². The van der Waals surface area contributed by atoms with Gasteiger partial charge in [-0.1, -0.05) is 11.6 Å². The molecule has 0 aliphatic rings. The monoisotopic (exact) mass is 418 g/mol. The number of rotatable bonds is 4. The third kappa shape index (κ3) is 3.74. The van der Waals surface area contributed by atoms with Gasteiger partial charge in [0.1, 0.15) is 12.1 Å². The normalized spacial score (nSPS) is 11.7. The summed E-state index contributed by atoms with van der Waals surface area (Å²) in [6, 6.07) is 3.85. The number of aromatic nitrogens is 3. The summed E-state index contributed by atoms with van der Waals surface area (Å²) in [6.07, 6.45) is -3.82. The Morgan fingerprint density at radius 3 is 2.63 bits per heavy atom. The second-order valence-electron chi connectivity index (χ2n) is 5.48. The summed E-state index contributed by atoms with van der Waals surface area (Å²) in [6.45, 7) is -0.622. The number of carbonyl (C=O) groups is 2. The van der Waals surface area contributed by atoms with Crippen molar-refractivity contribution in [1.82, 2.24) is 19.5 Å². The number of amides is 1. The predicted octanol–water partition coefficient (Wildman–Crippen LogP) is 3.29. The molecule has 7 nitrogen and oxygen atoms in total. The second kappa shape index (κ2) is 6.82. The maximum atomic E-state index is 13.5. The minimum absolute atomic E-state index is 0.0258. The third-order valence-corrected chi connectivity index (χ3v) is 4.79. The number of carboxylic acid groups (broad SMARTS) is 1. The first kappa shape index (κ1) is 19.1. The Morgan fingerprint density at radius 2 is 2.07 bits per heavy atom. The fraction of sp³-hybridized carbons (Fsp3) is 0.200. The number of halogens is 4. The summed E-state index contributed by atoms with van der Waals surface area (Å²) in [7, 11) is 1.22. The molecule has 0 bridgehead atoms. The molecule has 1 N–H and O–H groups in total. The van der Waals surface area contributed by atoms with Gasteiger partial charge in [-0.3, -0.25) is 9.59 Å². The molecule has 3 rings (SSSR count). The number of fused-ring (bicyclic) bond motifs is 1. The van der Waals surface area contributed by atoms with Gasteiger partial charge in [-0.05, 0) is 18.2 Å². The van der Waals surface area contributed by atoms with Gasteiger partial charge >= 0.3 is 12.1 Å². The Balaban J connectivity index is 2.20. The number of nitrogens with zero attached hydrogens (tertiary/aromatic N) is 4. The molecule has 0 aliphatic heterocycles. The molecule has 12 heteroatoms. The van der Waals surface area contributed by atoms with E-state index in [0.717, 1.165) is 28.5 Å². The van der Waals surface area contributed by atoms with Crippen LogP contribution < -0.4 is 0 Å². The Morgan fingerprint density at radius 1 is 1.37 bits per heavy atom. The van der Waals surface area contributed by atoms with Crippen LogP contribution in [-0.2, 0) is 11.0 Å². The van der Waals surface area contributed by atoms with E-state index in [4.69, 9.17) is 16.7 Å². The predicted molar refractivity (Wildman–Crippen MR) is 90.9 cm³/mol. The highest BCUT2D eigenvalue weighted by Gasteiger charge is 2.36. The summed E-state index contributed by atoms with van der Waals surface area (Å²) in [4.78, 5) is 28.6. The molecule has 27 heavy (non-hydrogen) atoms. The number of thiophene rings is 1. The molecule has 0 atom stereocenters. The van der Waals surface area contributed by atoms with Gasteiger partial charge in [0.25, 0.3) is 5.91 Å². The third-order valence-electron chi connectivity index (χ3n) is 3.54. The minimum Gasteiger partial charge on any atom is -0.480 e. The van der Waals surface area contributed by atoms with E-state index in [-0.39, 0.29) is 16.9 Å². The lowest BCUT2D eigenvalue weighted by molar-refractivity contribution is -0.142. The van der Waals surface area contributed by atoms with Crippen molar-refractivity contribution in [2.24, 2.45) is 0 Å².